The van der Waals surface area contributed by atoms with Crippen LogP contribution in [-0.2, 0) is 4.79 Å². The minimum atomic E-state index is 0.303. The normalized spacial score (nSPS) is 26.8. The summed E-state index contributed by atoms with van der Waals surface area (Å²) in [7, 11) is 0. The van der Waals surface area contributed by atoms with Crippen molar-refractivity contribution in [1.82, 2.24) is 0 Å². The van der Waals surface area contributed by atoms with Gasteiger partial charge in [-0.3, -0.25) is 4.79 Å². The Morgan fingerprint density at radius 3 is 2.67 bits per heavy atom. The first-order valence-corrected chi connectivity index (χ1v) is 3.37. The van der Waals surface area contributed by atoms with Gasteiger partial charge in [-0.05, 0) is 26.2 Å². The molecule has 0 aromatic rings. The van der Waals surface area contributed by atoms with Gasteiger partial charge < -0.3 is 0 Å². The van der Waals surface area contributed by atoms with Crippen LogP contribution < -0.4 is 0 Å². The summed E-state index contributed by atoms with van der Waals surface area (Å²) in [5, 5.41) is 0. The smallest absolute Gasteiger partial charge is 0.133 e. The van der Waals surface area contributed by atoms with Crippen molar-refractivity contribution in [1.29, 1.82) is 0 Å². The number of carbonyl (C=O) groups is 1. The zero-order chi connectivity index (χ0) is 6.85. The van der Waals surface area contributed by atoms with Crippen LogP contribution in [0.15, 0.2) is 12.2 Å². The van der Waals surface area contributed by atoms with E-state index in [-0.39, 0.29) is 0 Å². The lowest BCUT2D eigenvalue weighted by Gasteiger charge is -1.99. The standard InChI is InChI=1S/C8H12O/c1-6-3-4-8(5-6)7(2)9/h8H,1,3-5H2,2H3. The second-order valence-electron chi connectivity index (χ2n) is 2.80. The molecule has 0 N–H and O–H groups in total. The monoisotopic (exact) mass is 124 g/mol. The van der Waals surface area contributed by atoms with E-state index >= 15 is 0 Å². The van der Waals surface area contributed by atoms with E-state index in [9.17, 15) is 4.79 Å². The van der Waals surface area contributed by atoms with E-state index in [1.807, 2.05) is 0 Å². The van der Waals surface area contributed by atoms with Crippen molar-refractivity contribution in [3.63, 3.8) is 0 Å². The van der Waals surface area contributed by atoms with Crippen LogP contribution in [0.2, 0.25) is 0 Å². The zero-order valence-corrected chi connectivity index (χ0v) is 5.81. The summed E-state index contributed by atoms with van der Waals surface area (Å²) in [5.74, 6) is 0.631. The van der Waals surface area contributed by atoms with Crippen molar-refractivity contribution in [3.8, 4) is 0 Å². The van der Waals surface area contributed by atoms with Gasteiger partial charge in [0.15, 0.2) is 0 Å². The lowest BCUT2D eigenvalue weighted by atomic mass is 10.0. The van der Waals surface area contributed by atoms with Gasteiger partial charge in [0.25, 0.3) is 0 Å². The fourth-order valence-corrected chi connectivity index (χ4v) is 1.28. The number of rotatable bonds is 1. The second kappa shape index (κ2) is 2.34. The molecule has 1 aliphatic carbocycles. The Morgan fingerprint density at radius 2 is 2.44 bits per heavy atom. The molecule has 1 heteroatoms. The van der Waals surface area contributed by atoms with Crippen molar-refractivity contribution in [2.75, 3.05) is 0 Å². The molecular weight excluding hydrogens is 112 g/mol. The van der Waals surface area contributed by atoms with Crippen molar-refractivity contribution in [3.05, 3.63) is 12.2 Å². The van der Waals surface area contributed by atoms with E-state index in [0.717, 1.165) is 19.3 Å². The van der Waals surface area contributed by atoms with E-state index in [4.69, 9.17) is 0 Å². The van der Waals surface area contributed by atoms with E-state index in [0.29, 0.717) is 11.7 Å². The molecule has 1 unspecified atom stereocenters. The predicted octanol–water partition coefficient (Wildman–Crippen LogP) is 1.93. The van der Waals surface area contributed by atoms with Gasteiger partial charge in [0, 0.05) is 5.92 Å². The summed E-state index contributed by atoms with van der Waals surface area (Å²) in [6, 6.07) is 0. The highest BCUT2D eigenvalue weighted by Crippen LogP contribution is 2.28. The molecule has 9 heavy (non-hydrogen) atoms. The topological polar surface area (TPSA) is 17.1 Å². The number of carbonyl (C=O) groups excluding carboxylic acids is 1. The molecule has 0 bridgehead atoms. The average Bonchev–Trinajstić information content (AvgIpc) is 2.14. The maximum absolute atomic E-state index is 10.8. The molecular formula is C8H12O. The van der Waals surface area contributed by atoms with Crippen LogP contribution in [0.1, 0.15) is 26.2 Å². The van der Waals surface area contributed by atoms with E-state index in [1.54, 1.807) is 6.92 Å². The van der Waals surface area contributed by atoms with Crippen LogP contribution in [0.3, 0.4) is 0 Å². The molecule has 0 spiro atoms. The van der Waals surface area contributed by atoms with Crippen LogP contribution >= 0.6 is 0 Å². The summed E-state index contributed by atoms with van der Waals surface area (Å²) in [5.41, 5.74) is 1.25. The van der Waals surface area contributed by atoms with Gasteiger partial charge in [-0.15, -0.1) is 0 Å². The molecule has 1 atom stereocenters. The fourth-order valence-electron chi connectivity index (χ4n) is 1.28. The Bertz CT molecular complexity index is 147. The molecule has 1 aliphatic rings. The van der Waals surface area contributed by atoms with Crippen molar-refractivity contribution < 1.29 is 4.79 Å². The third-order valence-electron chi connectivity index (χ3n) is 1.96. The maximum Gasteiger partial charge on any atom is 0.133 e. The molecule has 1 fully saturated rings. The first-order valence-electron chi connectivity index (χ1n) is 3.37. The van der Waals surface area contributed by atoms with E-state index in [2.05, 4.69) is 6.58 Å². The van der Waals surface area contributed by atoms with E-state index < -0.39 is 0 Å². The minimum absolute atomic E-state index is 0.303. The Balaban J connectivity index is 2.48. The molecule has 1 nitrogen and oxygen atoms in total. The highest BCUT2D eigenvalue weighted by molar-refractivity contribution is 5.79. The number of hydrogen-bond acceptors (Lipinski definition) is 1. The highest BCUT2D eigenvalue weighted by Gasteiger charge is 2.21. The number of hydrogen-bond donors (Lipinski definition) is 0. The molecule has 0 heterocycles. The lowest BCUT2D eigenvalue weighted by molar-refractivity contribution is -0.120. The van der Waals surface area contributed by atoms with Crippen molar-refractivity contribution >= 4 is 5.78 Å². The van der Waals surface area contributed by atoms with E-state index in [1.165, 1.54) is 5.57 Å². The number of Topliss-reactive ketones (excluding diaryl/α,β-unsaturated/α-hetero) is 1. The molecule has 0 radical (unpaired) electrons. The van der Waals surface area contributed by atoms with Gasteiger partial charge in [-0.2, -0.15) is 0 Å². The first-order chi connectivity index (χ1) is 4.20. The number of ketones is 1. The molecule has 0 aliphatic heterocycles. The van der Waals surface area contributed by atoms with Gasteiger partial charge in [0.1, 0.15) is 5.78 Å². The molecule has 1 saturated carbocycles. The molecule has 0 amide bonds. The summed E-state index contributed by atoms with van der Waals surface area (Å²) in [6.45, 7) is 5.50. The number of allylic oxidation sites excluding steroid dienone is 1. The second-order valence-corrected chi connectivity index (χ2v) is 2.80. The van der Waals surface area contributed by atoms with Crippen molar-refractivity contribution in [2.45, 2.75) is 26.2 Å². The van der Waals surface area contributed by atoms with Gasteiger partial charge >= 0.3 is 0 Å². The quantitative estimate of drug-likeness (QED) is 0.488. The molecule has 0 aromatic heterocycles. The third-order valence-corrected chi connectivity index (χ3v) is 1.96. The fraction of sp³-hybridized carbons (Fsp3) is 0.625. The summed E-state index contributed by atoms with van der Waals surface area (Å²) in [6.07, 6.45) is 3.04. The van der Waals surface area contributed by atoms with Crippen LogP contribution in [0.25, 0.3) is 0 Å². The molecule has 0 aromatic carbocycles. The Morgan fingerprint density at radius 1 is 1.78 bits per heavy atom. The lowest BCUT2D eigenvalue weighted by Crippen LogP contribution is -2.04. The van der Waals surface area contributed by atoms with Gasteiger partial charge in [-0.25, -0.2) is 0 Å². The van der Waals surface area contributed by atoms with Crippen molar-refractivity contribution in [2.24, 2.45) is 5.92 Å². The zero-order valence-electron chi connectivity index (χ0n) is 5.81. The SMILES string of the molecule is C=C1CCC(C(C)=O)C1. The largest absolute Gasteiger partial charge is 0.300 e. The Hall–Kier alpha value is -0.590. The highest BCUT2D eigenvalue weighted by atomic mass is 16.1. The molecule has 1 rings (SSSR count). The first kappa shape index (κ1) is 6.53. The summed E-state index contributed by atoms with van der Waals surface area (Å²) < 4.78 is 0. The summed E-state index contributed by atoms with van der Waals surface area (Å²) >= 11 is 0. The van der Waals surface area contributed by atoms with Crippen LogP contribution in [0, 0.1) is 5.92 Å². The Labute approximate surface area is 55.8 Å². The average molecular weight is 124 g/mol. The van der Waals surface area contributed by atoms with Gasteiger partial charge in [0.05, 0.1) is 0 Å². The minimum Gasteiger partial charge on any atom is -0.300 e. The predicted molar refractivity (Wildman–Crippen MR) is 37.2 cm³/mol. The van der Waals surface area contributed by atoms with Crippen LogP contribution in [0.5, 0.6) is 0 Å². The molecule has 0 saturated heterocycles. The van der Waals surface area contributed by atoms with Gasteiger partial charge in [-0.1, -0.05) is 12.2 Å². The maximum atomic E-state index is 10.8. The Kier molecular flexibility index (Phi) is 1.70. The summed E-state index contributed by atoms with van der Waals surface area (Å²) in [4.78, 5) is 10.8. The third kappa shape index (κ3) is 1.41. The van der Waals surface area contributed by atoms with Crippen LogP contribution in [-0.4, -0.2) is 5.78 Å². The van der Waals surface area contributed by atoms with Gasteiger partial charge in [0.2, 0.25) is 0 Å². The van der Waals surface area contributed by atoms with Crippen LogP contribution in [0.4, 0.5) is 0 Å². The molecule has 50 valence electrons.